The summed E-state index contributed by atoms with van der Waals surface area (Å²) in [5, 5.41) is 8.49. The number of rotatable bonds is 19. The van der Waals surface area contributed by atoms with Crippen LogP contribution in [-0.4, -0.2) is 15.0 Å². The summed E-state index contributed by atoms with van der Waals surface area (Å²) in [5.41, 5.74) is 0. The number of unbranched alkanes of at least 4 members (excludes halogenated alkanes) is 15. The molecule has 0 fully saturated rings. The van der Waals surface area contributed by atoms with Crippen LogP contribution in [0.25, 0.3) is 0 Å². The number of aliphatic carboxylic acids is 1. The molecule has 0 aliphatic carbocycles. The van der Waals surface area contributed by atoms with E-state index in [1.54, 1.807) is 0 Å². The number of carboxylic acids is 1. The molecule has 3 heteroatoms. The Morgan fingerprint density at radius 1 is 0.667 bits per heavy atom. The van der Waals surface area contributed by atoms with Crippen molar-refractivity contribution >= 4 is 28.6 Å². The molecule has 0 heterocycles. The summed E-state index contributed by atoms with van der Waals surface area (Å²) in [6.45, 7) is 6.80. The van der Waals surface area contributed by atoms with Crippen molar-refractivity contribution in [1.82, 2.24) is 0 Å². The van der Waals surface area contributed by atoms with Crippen LogP contribution in [0.15, 0.2) is 0 Å². The lowest BCUT2D eigenvalue weighted by molar-refractivity contribution is -0.137. The highest BCUT2D eigenvalue weighted by atomic mass is 127. The van der Waals surface area contributed by atoms with Crippen LogP contribution in [0, 0.1) is 0 Å². The SMILES string of the molecule is CCCCCCC(C)I.CCCCCCCCCCCCCCCC(=O)O. The summed E-state index contributed by atoms with van der Waals surface area (Å²) in [6, 6.07) is 0. The van der Waals surface area contributed by atoms with E-state index in [1.807, 2.05) is 0 Å². The fraction of sp³-hybridized carbons (Fsp3) is 0.958. The Hall–Kier alpha value is 0.200. The molecule has 0 saturated heterocycles. The zero-order valence-corrected chi connectivity index (χ0v) is 20.9. The van der Waals surface area contributed by atoms with Gasteiger partial charge >= 0.3 is 5.97 Å². The van der Waals surface area contributed by atoms with Crippen LogP contribution < -0.4 is 0 Å². The van der Waals surface area contributed by atoms with Crippen LogP contribution in [0.5, 0.6) is 0 Å². The number of carboxylic acid groups (broad SMARTS) is 1. The predicted octanol–water partition coefficient (Wildman–Crippen LogP) is 9.33. The first-order chi connectivity index (χ1) is 13.0. The minimum Gasteiger partial charge on any atom is -0.481 e. The maximum Gasteiger partial charge on any atom is 0.303 e. The normalized spacial score (nSPS) is 11.7. The van der Waals surface area contributed by atoms with Gasteiger partial charge in [0, 0.05) is 10.3 Å². The van der Waals surface area contributed by atoms with Crippen LogP contribution in [0.4, 0.5) is 0 Å². The van der Waals surface area contributed by atoms with Crippen molar-refractivity contribution in [2.24, 2.45) is 0 Å². The molecule has 0 bridgehead atoms. The molecule has 2 nitrogen and oxygen atoms in total. The van der Waals surface area contributed by atoms with Crippen LogP contribution in [-0.2, 0) is 4.79 Å². The fourth-order valence-corrected chi connectivity index (χ4v) is 3.59. The quantitative estimate of drug-likeness (QED) is 0.110. The zero-order chi connectivity index (χ0) is 20.6. The van der Waals surface area contributed by atoms with Crippen molar-refractivity contribution in [3.05, 3.63) is 0 Å². The van der Waals surface area contributed by atoms with Gasteiger partial charge in [0.25, 0.3) is 0 Å². The Balaban J connectivity index is 0. The van der Waals surface area contributed by atoms with E-state index in [4.69, 9.17) is 5.11 Å². The second kappa shape index (κ2) is 26.2. The summed E-state index contributed by atoms with van der Waals surface area (Å²) in [7, 11) is 0. The third-order valence-corrected chi connectivity index (χ3v) is 5.57. The van der Waals surface area contributed by atoms with Gasteiger partial charge in [-0.15, -0.1) is 0 Å². The van der Waals surface area contributed by atoms with Gasteiger partial charge in [0.05, 0.1) is 0 Å². The largest absolute Gasteiger partial charge is 0.481 e. The third kappa shape index (κ3) is 34.1. The summed E-state index contributed by atoms with van der Waals surface area (Å²) in [5.74, 6) is -0.655. The van der Waals surface area contributed by atoms with E-state index < -0.39 is 5.97 Å². The summed E-state index contributed by atoms with van der Waals surface area (Å²) in [4.78, 5) is 10.3. The second-order valence-corrected chi connectivity index (χ2v) is 10.1. The molecule has 0 spiro atoms. The molecule has 0 aliphatic rings. The van der Waals surface area contributed by atoms with E-state index in [9.17, 15) is 4.79 Å². The van der Waals surface area contributed by atoms with E-state index >= 15 is 0 Å². The van der Waals surface area contributed by atoms with Crippen LogP contribution >= 0.6 is 22.6 Å². The highest BCUT2D eigenvalue weighted by Gasteiger charge is 1.97. The van der Waals surface area contributed by atoms with Gasteiger partial charge in [-0.05, 0) is 12.8 Å². The molecule has 0 amide bonds. The topological polar surface area (TPSA) is 37.3 Å². The van der Waals surface area contributed by atoms with Crippen LogP contribution in [0.2, 0.25) is 0 Å². The minimum atomic E-state index is -0.655. The highest BCUT2D eigenvalue weighted by molar-refractivity contribution is 14.1. The van der Waals surface area contributed by atoms with Gasteiger partial charge in [0.1, 0.15) is 0 Å². The molecule has 27 heavy (non-hydrogen) atoms. The van der Waals surface area contributed by atoms with Gasteiger partial charge in [-0.3, -0.25) is 4.79 Å². The Labute approximate surface area is 184 Å². The molecular weight excluding hydrogens is 447 g/mol. The molecule has 0 aromatic rings. The number of hydrogen-bond acceptors (Lipinski definition) is 1. The van der Waals surface area contributed by atoms with E-state index in [-0.39, 0.29) is 0 Å². The maximum atomic E-state index is 10.3. The van der Waals surface area contributed by atoms with Gasteiger partial charge in [-0.2, -0.15) is 0 Å². The average molecular weight is 497 g/mol. The number of alkyl halides is 1. The first kappa shape index (κ1) is 29.4. The van der Waals surface area contributed by atoms with Crippen LogP contribution in [0.1, 0.15) is 143 Å². The van der Waals surface area contributed by atoms with E-state index in [2.05, 4.69) is 43.4 Å². The molecular formula is C24H49IO2. The Bertz CT molecular complexity index is 280. The molecule has 0 aromatic heterocycles. The molecule has 0 saturated carbocycles. The standard InChI is InChI=1S/C16H32O2.C8H17I/c1-2-3-4-5-6-7-8-9-10-11-12-13-14-15-16(17)18;1-3-4-5-6-7-8(2)9/h2-15H2,1H3,(H,17,18);8H,3-7H2,1-2H3. The van der Waals surface area contributed by atoms with Gasteiger partial charge in [-0.25, -0.2) is 0 Å². The summed E-state index contributed by atoms with van der Waals surface area (Å²) >= 11 is 2.49. The van der Waals surface area contributed by atoms with Crippen molar-refractivity contribution in [3.63, 3.8) is 0 Å². The Morgan fingerprint density at radius 2 is 1.00 bits per heavy atom. The minimum absolute atomic E-state index is 0.345. The lowest BCUT2D eigenvalue weighted by Crippen LogP contribution is -1.93. The van der Waals surface area contributed by atoms with Crippen molar-refractivity contribution in [3.8, 4) is 0 Å². The van der Waals surface area contributed by atoms with E-state index in [0.29, 0.717) is 6.42 Å². The van der Waals surface area contributed by atoms with Crippen molar-refractivity contribution < 1.29 is 9.90 Å². The summed E-state index contributed by atoms with van der Waals surface area (Å²) in [6.07, 6.45) is 24.3. The monoisotopic (exact) mass is 496 g/mol. The molecule has 0 aliphatic heterocycles. The number of carbonyl (C=O) groups is 1. The van der Waals surface area contributed by atoms with Crippen molar-refractivity contribution in [2.75, 3.05) is 0 Å². The number of halogens is 1. The fourth-order valence-electron chi connectivity index (χ4n) is 3.15. The zero-order valence-electron chi connectivity index (χ0n) is 18.7. The van der Waals surface area contributed by atoms with Crippen LogP contribution in [0.3, 0.4) is 0 Å². The number of hydrogen-bond donors (Lipinski definition) is 1. The third-order valence-electron chi connectivity index (χ3n) is 4.95. The second-order valence-electron chi connectivity index (χ2n) is 8.02. The predicted molar refractivity (Wildman–Crippen MR) is 130 cm³/mol. The Kier molecular flexibility index (Phi) is 28.5. The molecule has 164 valence electrons. The molecule has 1 N–H and O–H groups in total. The lowest BCUT2D eigenvalue weighted by Gasteiger charge is -2.02. The molecule has 0 aromatic carbocycles. The van der Waals surface area contributed by atoms with Crippen molar-refractivity contribution in [2.45, 2.75) is 147 Å². The summed E-state index contributed by atoms with van der Waals surface area (Å²) < 4.78 is 0.874. The van der Waals surface area contributed by atoms with Gasteiger partial charge < -0.3 is 5.11 Å². The molecule has 1 unspecified atom stereocenters. The molecule has 0 rings (SSSR count). The first-order valence-corrected chi connectivity index (χ1v) is 13.1. The van der Waals surface area contributed by atoms with Gasteiger partial charge in [0.15, 0.2) is 0 Å². The van der Waals surface area contributed by atoms with E-state index in [0.717, 1.165) is 16.8 Å². The average Bonchev–Trinajstić information content (AvgIpc) is 2.63. The van der Waals surface area contributed by atoms with E-state index in [1.165, 1.54) is 103 Å². The first-order valence-electron chi connectivity index (χ1n) is 11.9. The molecule has 0 radical (unpaired) electrons. The smallest absolute Gasteiger partial charge is 0.303 e. The maximum absolute atomic E-state index is 10.3. The molecule has 1 atom stereocenters. The van der Waals surface area contributed by atoms with Gasteiger partial charge in [0.2, 0.25) is 0 Å². The Morgan fingerprint density at radius 3 is 1.33 bits per heavy atom. The highest BCUT2D eigenvalue weighted by Crippen LogP contribution is 2.13. The van der Waals surface area contributed by atoms with Gasteiger partial charge in [-0.1, -0.05) is 146 Å². The van der Waals surface area contributed by atoms with Crippen molar-refractivity contribution in [1.29, 1.82) is 0 Å². The lowest BCUT2D eigenvalue weighted by atomic mass is 10.0.